The molecule has 0 unspecified atom stereocenters. The Bertz CT molecular complexity index is 1570. The summed E-state index contributed by atoms with van der Waals surface area (Å²) in [5.41, 5.74) is -0.0489. The minimum atomic E-state index is -5.19. The van der Waals surface area contributed by atoms with E-state index in [1.54, 1.807) is 0 Å². The first-order valence-corrected chi connectivity index (χ1v) is 13.3. The fourth-order valence-electron chi connectivity index (χ4n) is 3.03. The predicted octanol–water partition coefficient (Wildman–Crippen LogP) is 2.26. The summed E-state index contributed by atoms with van der Waals surface area (Å²) in [7, 11) is -9.94. The molecule has 0 heterocycles. The molecule has 0 aliphatic carbocycles. The molecule has 0 atom stereocenters. The Balaban J connectivity index is 2.17. The molecule has 14 heteroatoms. The van der Waals surface area contributed by atoms with E-state index in [0.717, 1.165) is 29.6 Å². The van der Waals surface area contributed by atoms with Crippen LogP contribution in [0.5, 0.6) is 11.5 Å². The van der Waals surface area contributed by atoms with Crippen LogP contribution in [0.25, 0.3) is 10.8 Å². The van der Waals surface area contributed by atoms with Crippen LogP contribution in [0.15, 0.2) is 63.2 Å². The van der Waals surface area contributed by atoms with E-state index in [-0.39, 0.29) is 27.1 Å². The number of anilines is 1. The average molecular weight is 519 g/mol. The Hall–Kier alpha value is -2.94. The molecule has 3 rings (SSSR count). The van der Waals surface area contributed by atoms with Crippen LogP contribution in [0, 0.1) is 0 Å². The minimum Gasteiger partial charge on any atom is -0.506 e. The van der Waals surface area contributed by atoms with E-state index in [1.807, 2.05) is 0 Å². The number of methoxy groups -OCH3 is 1. The predicted molar refractivity (Wildman–Crippen MR) is 119 cm³/mol. The van der Waals surface area contributed by atoms with Crippen LogP contribution in [0.2, 0.25) is 0 Å². The van der Waals surface area contributed by atoms with Crippen LogP contribution < -0.4 is 9.46 Å². The van der Waals surface area contributed by atoms with Crippen molar-refractivity contribution in [3.8, 4) is 11.5 Å². The highest BCUT2D eigenvalue weighted by Gasteiger charge is 2.26. The summed E-state index contributed by atoms with van der Waals surface area (Å²) in [6, 6.07) is 9.02. The molecular weight excluding hydrogens is 499 g/mol. The molecule has 0 aromatic heterocycles. The number of nitrogens with zero attached hydrogens (tertiary/aromatic N) is 1. The second-order valence-electron chi connectivity index (χ2n) is 6.96. The maximum Gasteiger partial charge on any atom is 0.332 e. The highest BCUT2D eigenvalue weighted by molar-refractivity contribution is 7.93. The summed E-state index contributed by atoms with van der Waals surface area (Å²) >= 11 is 0. The number of rotatable bonds is 7. The molecule has 3 aromatic rings. The lowest BCUT2D eigenvalue weighted by atomic mass is 10.1. The summed E-state index contributed by atoms with van der Waals surface area (Å²) in [5.74, 6) is -0.817. The molecule has 0 saturated heterocycles. The zero-order chi connectivity index (χ0) is 24.8. The molecule has 33 heavy (non-hydrogen) atoms. The van der Waals surface area contributed by atoms with E-state index in [0.29, 0.717) is 6.07 Å². The minimum absolute atomic E-state index is 0.0465. The van der Waals surface area contributed by atoms with Gasteiger partial charge in [0.25, 0.3) is 10.0 Å². The van der Waals surface area contributed by atoms with Gasteiger partial charge in [-0.15, -0.1) is 3.89 Å². The van der Waals surface area contributed by atoms with Gasteiger partial charge in [-0.05, 0) is 30.3 Å². The highest BCUT2D eigenvalue weighted by atomic mass is 32.3. The van der Waals surface area contributed by atoms with Crippen molar-refractivity contribution in [3.05, 3.63) is 48.5 Å². The van der Waals surface area contributed by atoms with Gasteiger partial charge < -0.3 is 9.84 Å². The Morgan fingerprint density at radius 2 is 1.58 bits per heavy atom. The van der Waals surface area contributed by atoms with Gasteiger partial charge in [-0.3, -0.25) is 4.72 Å². The Kier molecular flexibility index (Phi) is 6.32. The molecule has 0 aliphatic heterocycles. The van der Waals surface area contributed by atoms with Crippen molar-refractivity contribution in [1.82, 2.24) is 4.31 Å². The van der Waals surface area contributed by atoms with E-state index in [2.05, 4.69) is 4.72 Å². The van der Waals surface area contributed by atoms with Crippen LogP contribution in [0.4, 0.5) is 9.57 Å². The fourth-order valence-corrected chi connectivity index (χ4v) is 5.86. The van der Waals surface area contributed by atoms with Gasteiger partial charge >= 0.3 is 10.2 Å². The van der Waals surface area contributed by atoms with Crippen molar-refractivity contribution < 1.29 is 39.0 Å². The van der Waals surface area contributed by atoms with E-state index in [4.69, 9.17) is 4.74 Å². The Morgan fingerprint density at radius 3 is 2.15 bits per heavy atom. The average Bonchev–Trinajstić information content (AvgIpc) is 2.72. The third-order valence-corrected chi connectivity index (χ3v) is 8.76. The SMILES string of the molecule is COc1ccc(S(=O)(=O)F)cc1S(=O)(=O)Nc1cccc2c(O)c(S(=O)(=O)N(C)C)ccc12. The van der Waals surface area contributed by atoms with Crippen molar-refractivity contribution in [2.75, 3.05) is 25.9 Å². The maximum atomic E-state index is 13.4. The lowest BCUT2D eigenvalue weighted by Crippen LogP contribution is -2.22. The van der Waals surface area contributed by atoms with Gasteiger partial charge in [0.1, 0.15) is 26.2 Å². The summed E-state index contributed by atoms with van der Waals surface area (Å²) in [5, 5.41) is 10.8. The van der Waals surface area contributed by atoms with Crippen LogP contribution in [-0.2, 0) is 30.3 Å². The molecule has 0 spiro atoms. The summed E-state index contributed by atoms with van der Waals surface area (Å²) in [6.45, 7) is 0. The number of halogens is 1. The second-order valence-corrected chi connectivity index (χ2v) is 12.1. The zero-order valence-corrected chi connectivity index (χ0v) is 19.9. The van der Waals surface area contributed by atoms with Gasteiger partial charge in [0.05, 0.1) is 12.8 Å². The normalized spacial score (nSPS) is 12.8. The molecule has 178 valence electrons. The summed E-state index contributed by atoms with van der Waals surface area (Å²) in [4.78, 5) is -1.89. The maximum absolute atomic E-state index is 13.4. The topological polar surface area (TPSA) is 147 Å². The largest absolute Gasteiger partial charge is 0.506 e. The molecule has 2 N–H and O–H groups in total. The quantitative estimate of drug-likeness (QED) is 0.453. The van der Waals surface area contributed by atoms with Crippen molar-refractivity contribution in [2.24, 2.45) is 0 Å². The molecule has 0 amide bonds. The van der Waals surface area contributed by atoms with E-state index < -0.39 is 45.8 Å². The number of aromatic hydroxyl groups is 1. The lowest BCUT2D eigenvalue weighted by molar-refractivity contribution is 0.402. The molecule has 3 aromatic carbocycles. The lowest BCUT2D eigenvalue weighted by Gasteiger charge is -2.16. The van der Waals surface area contributed by atoms with E-state index in [1.165, 1.54) is 38.4 Å². The molecule has 0 bridgehead atoms. The van der Waals surface area contributed by atoms with Gasteiger partial charge in [0.15, 0.2) is 0 Å². The van der Waals surface area contributed by atoms with Crippen molar-refractivity contribution in [1.29, 1.82) is 0 Å². The number of phenolic OH excluding ortho intramolecular Hbond substituents is 1. The third kappa shape index (κ3) is 4.59. The van der Waals surface area contributed by atoms with Crippen molar-refractivity contribution in [2.45, 2.75) is 14.7 Å². The van der Waals surface area contributed by atoms with Crippen molar-refractivity contribution >= 4 is 46.7 Å². The van der Waals surface area contributed by atoms with Gasteiger partial charge in [-0.2, -0.15) is 8.42 Å². The molecule has 0 fully saturated rings. The third-order valence-electron chi connectivity index (χ3n) is 4.71. The number of phenols is 1. The second kappa shape index (κ2) is 8.44. The zero-order valence-electron chi connectivity index (χ0n) is 17.5. The highest BCUT2D eigenvalue weighted by Crippen LogP contribution is 2.37. The van der Waals surface area contributed by atoms with E-state index in [9.17, 15) is 34.2 Å². The first-order valence-electron chi connectivity index (χ1n) is 9.03. The number of ether oxygens (including phenoxy) is 1. The first kappa shape index (κ1) is 24.7. The van der Waals surface area contributed by atoms with Crippen LogP contribution in [0.1, 0.15) is 0 Å². The van der Waals surface area contributed by atoms with Crippen molar-refractivity contribution in [3.63, 3.8) is 0 Å². The van der Waals surface area contributed by atoms with Crippen LogP contribution >= 0.6 is 0 Å². The van der Waals surface area contributed by atoms with Crippen LogP contribution in [0.3, 0.4) is 0 Å². The van der Waals surface area contributed by atoms with Crippen LogP contribution in [-0.4, -0.2) is 55.9 Å². The van der Waals surface area contributed by atoms with Gasteiger partial charge in [0, 0.05) is 24.9 Å². The fraction of sp³-hybridized carbons (Fsp3) is 0.158. The summed E-state index contributed by atoms with van der Waals surface area (Å²) < 4.78 is 95.0. The number of fused-ring (bicyclic) bond motifs is 1. The Labute approximate surface area is 190 Å². The molecular formula is C19H19FN2O8S3. The number of hydrogen-bond donors (Lipinski definition) is 2. The smallest absolute Gasteiger partial charge is 0.332 e. The first-order chi connectivity index (χ1) is 15.2. The molecule has 10 nitrogen and oxygen atoms in total. The monoisotopic (exact) mass is 518 g/mol. The number of hydrogen-bond acceptors (Lipinski definition) is 8. The molecule has 0 radical (unpaired) electrons. The number of benzene rings is 3. The Morgan fingerprint density at radius 1 is 0.909 bits per heavy atom. The van der Waals surface area contributed by atoms with Gasteiger partial charge in [-0.25, -0.2) is 21.1 Å². The van der Waals surface area contributed by atoms with E-state index >= 15 is 0 Å². The molecule has 0 aliphatic rings. The standard InChI is InChI=1S/C19H19FN2O8S3/c1-22(2)33(28,29)17-10-8-13-14(19(17)23)5-4-6-15(13)21-32(26,27)18-11-12(31(20,24)25)7-9-16(18)30-3/h4-11,21,23H,1-3H3. The summed E-state index contributed by atoms with van der Waals surface area (Å²) in [6.07, 6.45) is 0. The number of sulfonamides is 2. The van der Waals surface area contributed by atoms with Gasteiger partial charge in [0.2, 0.25) is 10.0 Å². The number of nitrogens with one attached hydrogen (secondary N) is 1. The molecule has 0 saturated carbocycles. The van der Waals surface area contributed by atoms with Gasteiger partial charge in [-0.1, -0.05) is 18.2 Å².